The minimum Gasteiger partial charge on any atom is -0.395 e. The quantitative estimate of drug-likeness (QED) is 0.479. The maximum Gasteiger partial charge on any atom is 0.258 e. The van der Waals surface area contributed by atoms with Gasteiger partial charge < -0.3 is 20.2 Å². The van der Waals surface area contributed by atoms with E-state index < -0.39 is 16.6 Å². The van der Waals surface area contributed by atoms with Crippen molar-refractivity contribution in [1.82, 2.24) is 9.97 Å². The molecule has 2 aliphatic carbocycles. The molecule has 1 aromatic heterocycles. The number of nitrogens with zero attached hydrogens (tertiary/aromatic N) is 4. The van der Waals surface area contributed by atoms with E-state index in [-0.39, 0.29) is 11.7 Å². The molecule has 1 spiro atoms. The maximum absolute atomic E-state index is 13.5. The van der Waals surface area contributed by atoms with Gasteiger partial charge in [-0.05, 0) is 75.0 Å². The third kappa shape index (κ3) is 5.11. The van der Waals surface area contributed by atoms with Gasteiger partial charge in [-0.15, -0.1) is 0 Å². The summed E-state index contributed by atoms with van der Waals surface area (Å²) in [5, 5.41) is 12.1. The normalized spacial score (nSPS) is 23.6. The maximum atomic E-state index is 13.5. The first-order valence-corrected chi connectivity index (χ1v) is 14.8. The Labute approximate surface area is 217 Å². The highest BCUT2D eigenvalue weighted by Crippen LogP contribution is 2.54. The van der Waals surface area contributed by atoms with E-state index in [1.165, 1.54) is 25.7 Å². The Morgan fingerprint density at radius 1 is 1.14 bits per heavy atom. The molecular formula is C26H34N6O4S. The number of hydrogen-bond donors (Lipinski definition) is 3. The van der Waals surface area contributed by atoms with Crippen LogP contribution in [0, 0.1) is 18.3 Å². The van der Waals surface area contributed by atoms with Crippen LogP contribution in [0.5, 0.6) is 0 Å². The second kappa shape index (κ2) is 9.13. The number of nitrogens with one attached hydrogen (secondary N) is 2. The third-order valence-electron chi connectivity index (χ3n) is 8.36. The Balaban J connectivity index is 1.26. The zero-order valence-corrected chi connectivity index (χ0v) is 21.9. The summed E-state index contributed by atoms with van der Waals surface area (Å²) in [5.74, 6) is 1.20. The van der Waals surface area contributed by atoms with E-state index in [9.17, 15) is 13.2 Å². The summed E-state index contributed by atoms with van der Waals surface area (Å²) in [7, 11) is -3.68. The molecule has 2 saturated heterocycles. The number of amides is 1. The second-order valence-electron chi connectivity index (χ2n) is 11.1. The topological polar surface area (TPSA) is 128 Å². The van der Waals surface area contributed by atoms with E-state index >= 15 is 0 Å². The van der Waals surface area contributed by atoms with Crippen molar-refractivity contribution in [2.45, 2.75) is 51.5 Å². The molecule has 198 valence electrons. The van der Waals surface area contributed by atoms with Crippen molar-refractivity contribution in [3.63, 3.8) is 0 Å². The van der Waals surface area contributed by atoms with Gasteiger partial charge in [0.1, 0.15) is 5.82 Å². The van der Waals surface area contributed by atoms with Crippen molar-refractivity contribution in [1.29, 1.82) is 0 Å². The van der Waals surface area contributed by atoms with Gasteiger partial charge in [0.05, 0.1) is 29.3 Å². The molecule has 0 radical (unpaired) electrons. The van der Waals surface area contributed by atoms with Crippen LogP contribution in [-0.2, 0) is 10.0 Å². The van der Waals surface area contributed by atoms with Crippen molar-refractivity contribution in [3.8, 4) is 0 Å². The number of anilines is 4. The van der Waals surface area contributed by atoms with Crippen molar-refractivity contribution in [2.75, 3.05) is 51.8 Å². The summed E-state index contributed by atoms with van der Waals surface area (Å²) in [6.07, 6.45) is 7.03. The number of piperidine rings is 2. The van der Waals surface area contributed by atoms with Crippen molar-refractivity contribution < 1.29 is 18.3 Å². The van der Waals surface area contributed by atoms with E-state index in [1.54, 1.807) is 24.3 Å². The number of carbonyl (C=O) groups is 1. The summed E-state index contributed by atoms with van der Waals surface area (Å²) in [5.41, 5.74) is 2.80. The molecule has 11 heteroatoms. The standard InChI is InChI=1S/C26H34N6O4S/c1-17-14-23(29-25(27-17)32-9-4-18-15-21(18)32)28-24(34)20-3-2-19(30-37(35,36)13-12-33)16-22(20)31-10-7-26(5-6-26)8-11-31/h2-3,14,16,18,21,30,33H,4-13,15H2,1H3,(H,27,28,29,34). The lowest BCUT2D eigenvalue weighted by Gasteiger charge is -2.35. The van der Waals surface area contributed by atoms with Crippen LogP contribution in [0.3, 0.4) is 0 Å². The SMILES string of the molecule is Cc1cc(NC(=O)c2ccc(NS(=O)(=O)CCO)cc2N2CCC3(CC2)CC3)nc(N2CCC3CC32)n1. The van der Waals surface area contributed by atoms with Gasteiger partial charge in [0, 0.05) is 37.4 Å². The Kier molecular flexibility index (Phi) is 6.02. The molecule has 3 heterocycles. The van der Waals surface area contributed by atoms with Gasteiger partial charge in [0.25, 0.3) is 5.91 Å². The molecule has 2 aliphatic heterocycles. The van der Waals surface area contributed by atoms with Gasteiger partial charge in [-0.1, -0.05) is 0 Å². The summed E-state index contributed by atoms with van der Waals surface area (Å²) in [6, 6.07) is 7.27. The molecule has 3 N–H and O–H groups in total. The predicted molar refractivity (Wildman–Crippen MR) is 143 cm³/mol. The molecule has 2 aromatic rings. The first-order valence-electron chi connectivity index (χ1n) is 13.2. The van der Waals surface area contributed by atoms with Gasteiger partial charge in [-0.2, -0.15) is 4.98 Å². The van der Waals surface area contributed by atoms with Crippen molar-refractivity contribution >= 4 is 39.1 Å². The molecule has 2 atom stereocenters. The predicted octanol–water partition coefficient (Wildman–Crippen LogP) is 2.75. The Hall–Kier alpha value is -2.92. The fourth-order valence-corrected chi connectivity index (χ4v) is 6.70. The Morgan fingerprint density at radius 2 is 1.92 bits per heavy atom. The highest BCUT2D eigenvalue weighted by Gasteiger charge is 2.48. The third-order valence-corrected chi connectivity index (χ3v) is 9.63. The first-order chi connectivity index (χ1) is 17.7. The summed E-state index contributed by atoms with van der Waals surface area (Å²) < 4.78 is 27.0. The zero-order valence-electron chi connectivity index (χ0n) is 21.1. The summed E-state index contributed by atoms with van der Waals surface area (Å²) in [6.45, 7) is 4.03. The molecule has 0 bridgehead atoms. The Bertz CT molecular complexity index is 1320. The molecule has 10 nitrogen and oxygen atoms in total. The first kappa shape index (κ1) is 24.4. The van der Waals surface area contributed by atoms with E-state index in [0.29, 0.717) is 40.2 Å². The lowest BCUT2D eigenvalue weighted by atomic mass is 9.93. The van der Waals surface area contributed by atoms with Crippen LogP contribution in [0.1, 0.15) is 54.6 Å². The number of fused-ring (bicyclic) bond motifs is 1. The highest BCUT2D eigenvalue weighted by molar-refractivity contribution is 7.92. The Morgan fingerprint density at radius 3 is 2.57 bits per heavy atom. The van der Waals surface area contributed by atoms with E-state index in [4.69, 9.17) is 5.11 Å². The number of sulfonamides is 1. The lowest BCUT2D eigenvalue weighted by Crippen LogP contribution is -2.36. The highest BCUT2D eigenvalue weighted by atomic mass is 32.2. The van der Waals surface area contributed by atoms with Gasteiger partial charge in [-0.3, -0.25) is 9.52 Å². The van der Waals surface area contributed by atoms with E-state index in [0.717, 1.165) is 44.1 Å². The fraction of sp³-hybridized carbons (Fsp3) is 0.577. The van der Waals surface area contributed by atoms with Crippen LogP contribution >= 0.6 is 0 Å². The average molecular weight is 527 g/mol. The van der Waals surface area contributed by atoms with Gasteiger partial charge in [0.15, 0.2) is 0 Å². The molecule has 37 heavy (non-hydrogen) atoms. The number of carbonyl (C=O) groups excluding carboxylic acids is 1. The molecule has 1 aromatic carbocycles. The van der Waals surface area contributed by atoms with Crippen LogP contribution in [-0.4, -0.2) is 67.4 Å². The van der Waals surface area contributed by atoms with Crippen LogP contribution < -0.4 is 19.8 Å². The molecular weight excluding hydrogens is 492 g/mol. The number of aliphatic hydroxyl groups is 1. The van der Waals surface area contributed by atoms with Crippen molar-refractivity contribution in [3.05, 3.63) is 35.5 Å². The number of aryl methyl sites for hydroxylation is 1. The van der Waals surface area contributed by atoms with Crippen LogP contribution in [0.4, 0.5) is 23.1 Å². The molecule has 4 fully saturated rings. The minimum atomic E-state index is -3.68. The molecule has 6 rings (SSSR count). The van der Waals surface area contributed by atoms with E-state index in [2.05, 4.69) is 29.8 Å². The lowest BCUT2D eigenvalue weighted by molar-refractivity contribution is 0.102. The average Bonchev–Trinajstić information content (AvgIpc) is 3.76. The van der Waals surface area contributed by atoms with Crippen molar-refractivity contribution in [2.24, 2.45) is 11.3 Å². The van der Waals surface area contributed by atoms with Gasteiger partial charge >= 0.3 is 0 Å². The smallest absolute Gasteiger partial charge is 0.258 e. The van der Waals surface area contributed by atoms with Crippen LogP contribution in [0.15, 0.2) is 24.3 Å². The monoisotopic (exact) mass is 526 g/mol. The number of hydrogen-bond acceptors (Lipinski definition) is 8. The van der Waals surface area contributed by atoms with Crippen LogP contribution in [0.2, 0.25) is 0 Å². The van der Waals surface area contributed by atoms with Crippen LogP contribution in [0.25, 0.3) is 0 Å². The largest absolute Gasteiger partial charge is 0.395 e. The fourth-order valence-electron chi connectivity index (χ4n) is 5.87. The number of aliphatic hydroxyl groups excluding tert-OH is 1. The zero-order chi connectivity index (χ0) is 25.8. The van der Waals surface area contributed by atoms with Gasteiger partial charge in [-0.25, -0.2) is 13.4 Å². The minimum absolute atomic E-state index is 0.291. The number of aromatic nitrogens is 2. The second-order valence-corrected chi connectivity index (χ2v) is 12.9. The molecule has 2 unspecified atom stereocenters. The van der Waals surface area contributed by atoms with Gasteiger partial charge in [0.2, 0.25) is 16.0 Å². The molecule has 2 saturated carbocycles. The van der Waals surface area contributed by atoms with E-state index in [1.807, 2.05) is 6.92 Å². The molecule has 4 aliphatic rings. The number of benzene rings is 1. The summed E-state index contributed by atoms with van der Waals surface area (Å²) in [4.78, 5) is 27.3. The number of rotatable bonds is 8. The summed E-state index contributed by atoms with van der Waals surface area (Å²) >= 11 is 0. The molecule has 1 amide bonds.